The first kappa shape index (κ1) is 14.1. The summed E-state index contributed by atoms with van der Waals surface area (Å²) in [6.07, 6.45) is 6.04. The molecule has 1 aliphatic heterocycles. The van der Waals surface area contributed by atoms with Crippen LogP contribution in [0.15, 0.2) is 12.2 Å². The van der Waals surface area contributed by atoms with E-state index in [1.807, 2.05) is 0 Å². The second kappa shape index (κ2) is 6.74. The van der Waals surface area contributed by atoms with E-state index in [9.17, 15) is 4.79 Å². The molecular formula is C15H22N2O2. The van der Waals surface area contributed by atoms with Gasteiger partial charge >= 0.3 is 5.97 Å². The maximum Gasteiger partial charge on any atom is 0.328 e. The molecule has 0 aromatic rings. The van der Waals surface area contributed by atoms with Crippen LogP contribution in [0.1, 0.15) is 19.3 Å². The molecule has 0 aromatic heterocycles. The number of rotatable bonds is 2. The Labute approximate surface area is 115 Å². The third-order valence-electron chi connectivity index (χ3n) is 4.06. The Kier molecular flexibility index (Phi) is 5.00. The molecular weight excluding hydrogens is 240 g/mol. The molecule has 2 aliphatic rings. The lowest BCUT2D eigenvalue weighted by molar-refractivity contribution is -0.131. The molecule has 19 heavy (non-hydrogen) atoms. The van der Waals surface area contributed by atoms with Crippen LogP contribution in [0.25, 0.3) is 0 Å². The van der Waals surface area contributed by atoms with Crippen LogP contribution in [-0.2, 0) is 4.79 Å². The summed E-state index contributed by atoms with van der Waals surface area (Å²) in [5, 5.41) is 8.47. The van der Waals surface area contributed by atoms with Crippen molar-refractivity contribution in [2.45, 2.75) is 25.3 Å². The smallest absolute Gasteiger partial charge is 0.328 e. The van der Waals surface area contributed by atoms with E-state index < -0.39 is 5.97 Å². The van der Waals surface area contributed by atoms with E-state index >= 15 is 0 Å². The first-order valence-electron chi connectivity index (χ1n) is 6.98. The fourth-order valence-corrected chi connectivity index (χ4v) is 2.89. The fraction of sp³-hybridized carbons (Fsp3) is 0.667. The van der Waals surface area contributed by atoms with Crippen molar-refractivity contribution in [3.63, 3.8) is 0 Å². The highest BCUT2D eigenvalue weighted by Gasteiger charge is 2.29. The van der Waals surface area contributed by atoms with E-state index in [1.54, 1.807) is 0 Å². The normalized spacial score (nSPS) is 29.3. The van der Waals surface area contributed by atoms with E-state index in [0.717, 1.165) is 32.0 Å². The number of aliphatic carboxylic acids is 1. The number of carbonyl (C=O) groups is 1. The van der Waals surface area contributed by atoms with Gasteiger partial charge in [0.05, 0.1) is 0 Å². The second-order valence-electron chi connectivity index (χ2n) is 5.46. The molecule has 1 unspecified atom stereocenters. The molecule has 1 N–H and O–H groups in total. The molecule has 2 atom stereocenters. The van der Waals surface area contributed by atoms with Crippen molar-refractivity contribution in [2.75, 3.05) is 33.2 Å². The van der Waals surface area contributed by atoms with Crippen LogP contribution in [0.2, 0.25) is 0 Å². The van der Waals surface area contributed by atoms with Crippen LogP contribution in [0.4, 0.5) is 0 Å². The van der Waals surface area contributed by atoms with Gasteiger partial charge in [-0.25, -0.2) is 4.79 Å². The number of carboxylic acid groups (broad SMARTS) is 1. The molecule has 0 radical (unpaired) electrons. The fourth-order valence-electron chi connectivity index (χ4n) is 2.89. The standard InChI is InChI=1S/C15H22N2O2/c1-16-8-10-17(11-9-16)14-7-6-13(12-14)4-2-3-5-15(18)19/h3,5,13-14H,6-12H2,1H3,(H,18,19)/b5-3-/t13?,14-/m1/s1. The minimum absolute atomic E-state index is 0.433. The molecule has 104 valence electrons. The summed E-state index contributed by atoms with van der Waals surface area (Å²) in [5.41, 5.74) is 0. The topological polar surface area (TPSA) is 43.8 Å². The Morgan fingerprint density at radius 1 is 1.26 bits per heavy atom. The zero-order valence-corrected chi connectivity index (χ0v) is 11.5. The van der Waals surface area contributed by atoms with Crippen LogP contribution in [0.5, 0.6) is 0 Å². The molecule has 1 heterocycles. The summed E-state index contributed by atoms with van der Waals surface area (Å²) in [7, 11) is 2.18. The molecule has 1 saturated carbocycles. The van der Waals surface area contributed by atoms with E-state index in [-0.39, 0.29) is 0 Å². The summed E-state index contributed by atoms with van der Waals surface area (Å²) >= 11 is 0. The monoisotopic (exact) mass is 262 g/mol. The van der Waals surface area contributed by atoms with Crippen molar-refractivity contribution in [1.82, 2.24) is 9.80 Å². The van der Waals surface area contributed by atoms with E-state index in [2.05, 4.69) is 28.7 Å². The Balaban J connectivity index is 1.78. The predicted molar refractivity (Wildman–Crippen MR) is 74.8 cm³/mol. The SMILES string of the molecule is CN1CCN([C@@H]2CCC(C#C/C=C\C(=O)O)C2)CC1. The molecule has 0 spiro atoms. The minimum atomic E-state index is -0.934. The van der Waals surface area contributed by atoms with E-state index in [0.29, 0.717) is 12.0 Å². The molecule has 1 aliphatic carbocycles. The van der Waals surface area contributed by atoms with Gasteiger partial charge in [0.15, 0.2) is 0 Å². The van der Waals surface area contributed by atoms with Crippen molar-refractivity contribution >= 4 is 5.97 Å². The summed E-state index contributed by atoms with van der Waals surface area (Å²) in [4.78, 5) is 15.3. The third kappa shape index (κ3) is 4.38. The molecule has 4 heteroatoms. The zero-order chi connectivity index (χ0) is 13.7. The lowest BCUT2D eigenvalue weighted by Crippen LogP contribution is -2.48. The second-order valence-corrected chi connectivity index (χ2v) is 5.46. The first-order chi connectivity index (χ1) is 9.15. The van der Waals surface area contributed by atoms with E-state index in [4.69, 9.17) is 5.11 Å². The van der Waals surface area contributed by atoms with Gasteiger partial charge in [-0.2, -0.15) is 0 Å². The molecule has 2 rings (SSSR count). The van der Waals surface area contributed by atoms with Crippen LogP contribution in [0.3, 0.4) is 0 Å². The van der Waals surface area contributed by atoms with Gasteiger partial charge < -0.3 is 10.0 Å². The Hall–Kier alpha value is -1.31. The summed E-state index contributed by atoms with van der Waals surface area (Å²) in [6.45, 7) is 4.66. The zero-order valence-electron chi connectivity index (χ0n) is 11.5. The Morgan fingerprint density at radius 2 is 2.00 bits per heavy atom. The summed E-state index contributed by atoms with van der Waals surface area (Å²) in [6, 6.07) is 0.677. The molecule has 0 aromatic carbocycles. The largest absolute Gasteiger partial charge is 0.478 e. The lowest BCUT2D eigenvalue weighted by Gasteiger charge is -2.36. The number of likely N-dealkylation sites (N-methyl/N-ethyl adjacent to an activating group) is 1. The number of nitrogens with zero attached hydrogens (tertiary/aromatic N) is 2. The van der Waals surface area contributed by atoms with Crippen molar-refractivity contribution in [2.24, 2.45) is 5.92 Å². The number of piperazine rings is 1. The highest BCUT2D eigenvalue weighted by Crippen LogP contribution is 2.29. The highest BCUT2D eigenvalue weighted by atomic mass is 16.4. The van der Waals surface area contributed by atoms with Gasteiger partial charge in [0, 0.05) is 44.2 Å². The molecule has 0 amide bonds. The minimum Gasteiger partial charge on any atom is -0.478 e. The van der Waals surface area contributed by atoms with E-state index in [1.165, 1.54) is 25.6 Å². The van der Waals surface area contributed by atoms with Gasteiger partial charge in [-0.1, -0.05) is 11.8 Å². The van der Waals surface area contributed by atoms with Crippen LogP contribution in [0, 0.1) is 17.8 Å². The quantitative estimate of drug-likeness (QED) is 0.597. The number of carboxylic acids is 1. The first-order valence-corrected chi connectivity index (χ1v) is 6.98. The molecule has 2 fully saturated rings. The van der Waals surface area contributed by atoms with Gasteiger partial charge in [-0.15, -0.1) is 0 Å². The lowest BCUT2D eigenvalue weighted by atomic mass is 10.1. The number of hydrogen-bond acceptors (Lipinski definition) is 3. The predicted octanol–water partition coefficient (Wildman–Crippen LogP) is 1.05. The van der Waals surface area contributed by atoms with Crippen molar-refractivity contribution in [3.05, 3.63) is 12.2 Å². The average molecular weight is 262 g/mol. The Morgan fingerprint density at radius 3 is 2.68 bits per heavy atom. The van der Waals surface area contributed by atoms with Gasteiger partial charge in [-0.3, -0.25) is 4.90 Å². The van der Waals surface area contributed by atoms with Crippen molar-refractivity contribution in [1.29, 1.82) is 0 Å². The maximum atomic E-state index is 10.3. The Bertz CT molecular complexity index is 400. The molecule has 1 saturated heterocycles. The average Bonchev–Trinajstić information content (AvgIpc) is 2.84. The van der Waals surface area contributed by atoms with Crippen molar-refractivity contribution in [3.8, 4) is 11.8 Å². The van der Waals surface area contributed by atoms with Gasteiger partial charge in [0.25, 0.3) is 0 Å². The summed E-state index contributed by atoms with van der Waals surface area (Å²) in [5.74, 6) is 5.53. The molecule has 0 bridgehead atoms. The van der Waals surface area contributed by atoms with Gasteiger partial charge in [-0.05, 0) is 32.4 Å². The summed E-state index contributed by atoms with van der Waals surface area (Å²) < 4.78 is 0. The van der Waals surface area contributed by atoms with Crippen LogP contribution < -0.4 is 0 Å². The number of allylic oxidation sites excluding steroid dienone is 1. The van der Waals surface area contributed by atoms with Crippen molar-refractivity contribution < 1.29 is 9.90 Å². The van der Waals surface area contributed by atoms with Crippen LogP contribution >= 0.6 is 0 Å². The highest BCUT2D eigenvalue weighted by molar-refractivity contribution is 5.80. The van der Waals surface area contributed by atoms with Gasteiger partial charge in [0.2, 0.25) is 0 Å². The molecule has 4 nitrogen and oxygen atoms in total. The maximum absolute atomic E-state index is 10.3. The van der Waals surface area contributed by atoms with Gasteiger partial charge in [0.1, 0.15) is 0 Å². The number of hydrogen-bond donors (Lipinski definition) is 1. The third-order valence-corrected chi connectivity index (χ3v) is 4.06. The van der Waals surface area contributed by atoms with Crippen LogP contribution in [-0.4, -0.2) is 60.1 Å².